The number of piperidine rings is 1. The van der Waals surface area contributed by atoms with Crippen molar-refractivity contribution in [3.8, 4) is 0 Å². The standard InChI is InChI=1S/C23H31N3O2/c1-15-8-7-11-26(13-15)14-20-10-6-5-9-19(20)12-24-23(28)22-16(2)21(18(4)27)17(3)25-22/h5-6,9-10,15,25H,7-8,11-14H2,1-4H3,(H,24,28). The average Bonchev–Trinajstić information content (AvgIpc) is 2.95. The first-order valence-electron chi connectivity index (χ1n) is 10.1. The summed E-state index contributed by atoms with van der Waals surface area (Å²) >= 11 is 0. The third-order valence-electron chi connectivity index (χ3n) is 5.71. The zero-order valence-electron chi connectivity index (χ0n) is 17.4. The highest BCUT2D eigenvalue weighted by atomic mass is 16.2. The van der Waals surface area contributed by atoms with E-state index in [4.69, 9.17) is 0 Å². The minimum Gasteiger partial charge on any atom is -0.354 e. The number of ketones is 1. The van der Waals surface area contributed by atoms with E-state index in [0.29, 0.717) is 17.8 Å². The Kier molecular flexibility index (Phi) is 6.35. The Balaban J connectivity index is 1.69. The molecular weight excluding hydrogens is 350 g/mol. The molecule has 0 radical (unpaired) electrons. The molecule has 0 bridgehead atoms. The summed E-state index contributed by atoms with van der Waals surface area (Å²) in [6, 6.07) is 8.31. The summed E-state index contributed by atoms with van der Waals surface area (Å²) in [5, 5.41) is 3.02. The molecule has 150 valence electrons. The molecule has 1 atom stereocenters. The average molecular weight is 382 g/mol. The van der Waals surface area contributed by atoms with Gasteiger partial charge in [0.1, 0.15) is 5.69 Å². The van der Waals surface area contributed by atoms with Crippen LogP contribution in [-0.4, -0.2) is 34.7 Å². The molecule has 5 nitrogen and oxygen atoms in total. The molecule has 2 N–H and O–H groups in total. The van der Waals surface area contributed by atoms with Crippen molar-refractivity contribution in [1.82, 2.24) is 15.2 Å². The van der Waals surface area contributed by atoms with E-state index in [1.807, 2.05) is 19.9 Å². The Bertz CT molecular complexity index is 869. The Morgan fingerprint density at radius 1 is 1.21 bits per heavy atom. The fourth-order valence-corrected chi connectivity index (χ4v) is 4.32. The predicted octanol–water partition coefficient (Wildman–Crippen LogP) is 4.00. The van der Waals surface area contributed by atoms with Crippen LogP contribution in [0.4, 0.5) is 0 Å². The van der Waals surface area contributed by atoms with Crippen LogP contribution < -0.4 is 5.32 Å². The number of benzene rings is 1. The molecule has 1 amide bonds. The topological polar surface area (TPSA) is 65.2 Å². The molecule has 28 heavy (non-hydrogen) atoms. The van der Waals surface area contributed by atoms with Gasteiger partial charge in [-0.25, -0.2) is 0 Å². The molecule has 1 unspecified atom stereocenters. The lowest BCUT2D eigenvalue weighted by Crippen LogP contribution is -2.34. The van der Waals surface area contributed by atoms with Crippen molar-refractivity contribution in [2.75, 3.05) is 13.1 Å². The Morgan fingerprint density at radius 3 is 2.57 bits per heavy atom. The zero-order chi connectivity index (χ0) is 20.3. The van der Waals surface area contributed by atoms with Gasteiger partial charge in [0.15, 0.2) is 5.78 Å². The van der Waals surface area contributed by atoms with Gasteiger partial charge in [-0.15, -0.1) is 0 Å². The molecular formula is C23H31N3O2. The first-order chi connectivity index (χ1) is 13.4. The predicted molar refractivity (Wildman–Crippen MR) is 112 cm³/mol. The Labute approximate surface area is 167 Å². The van der Waals surface area contributed by atoms with Crippen LogP contribution in [0, 0.1) is 19.8 Å². The van der Waals surface area contributed by atoms with Gasteiger partial charge in [0.05, 0.1) is 0 Å². The van der Waals surface area contributed by atoms with Crippen LogP contribution in [0.1, 0.15) is 69.9 Å². The van der Waals surface area contributed by atoms with Crippen molar-refractivity contribution in [3.63, 3.8) is 0 Å². The first-order valence-corrected chi connectivity index (χ1v) is 10.1. The summed E-state index contributed by atoms with van der Waals surface area (Å²) < 4.78 is 0. The number of Topliss-reactive ketones (excluding diaryl/α,β-unsaturated/α-hetero) is 1. The minimum absolute atomic E-state index is 0.0218. The van der Waals surface area contributed by atoms with Crippen LogP contribution in [-0.2, 0) is 13.1 Å². The third-order valence-corrected chi connectivity index (χ3v) is 5.71. The largest absolute Gasteiger partial charge is 0.354 e. The number of hydrogen-bond acceptors (Lipinski definition) is 3. The molecule has 2 aromatic rings. The maximum absolute atomic E-state index is 12.7. The molecule has 1 aliphatic heterocycles. The maximum Gasteiger partial charge on any atom is 0.268 e. The van der Waals surface area contributed by atoms with Crippen LogP contribution in [0.2, 0.25) is 0 Å². The normalized spacial score (nSPS) is 17.5. The summed E-state index contributed by atoms with van der Waals surface area (Å²) in [6.07, 6.45) is 2.56. The molecule has 1 aromatic heterocycles. The molecule has 0 saturated carbocycles. The molecule has 1 aliphatic rings. The molecule has 0 aliphatic carbocycles. The van der Waals surface area contributed by atoms with Gasteiger partial charge in [0, 0.05) is 30.9 Å². The zero-order valence-corrected chi connectivity index (χ0v) is 17.4. The van der Waals surface area contributed by atoms with Crippen LogP contribution in [0.5, 0.6) is 0 Å². The fraction of sp³-hybridized carbons (Fsp3) is 0.478. The van der Waals surface area contributed by atoms with Gasteiger partial charge in [-0.1, -0.05) is 31.2 Å². The number of likely N-dealkylation sites (tertiary alicyclic amines) is 1. The van der Waals surface area contributed by atoms with E-state index in [9.17, 15) is 9.59 Å². The second-order valence-corrected chi connectivity index (χ2v) is 8.12. The van der Waals surface area contributed by atoms with Crippen LogP contribution in [0.25, 0.3) is 0 Å². The number of H-pyrrole nitrogens is 1. The lowest BCUT2D eigenvalue weighted by Gasteiger charge is -2.31. The van der Waals surface area contributed by atoms with E-state index < -0.39 is 0 Å². The summed E-state index contributed by atoms with van der Waals surface area (Å²) in [5.41, 5.74) is 4.96. The summed E-state index contributed by atoms with van der Waals surface area (Å²) in [4.78, 5) is 30.1. The maximum atomic E-state index is 12.7. The second kappa shape index (κ2) is 8.74. The van der Waals surface area contributed by atoms with E-state index >= 15 is 0 Å². The summed E-state index contributed by atoms with van der Waals surface area (Å²) in [7, 11) is 0. The summed E-state index contributed by atoms with van der Waals surface area (Å²) in [6.45, 7) is 11.2. The number of carbonyl (C=O) groups is 2. The third kappa shape index (κ3) is 4.53. The van der Waals surface area contributed by atoms with E-state index in [-0.39, 0.29) is 11.7 Å². The number of aromatic nitrogens is 1. The number of aromatic amines is 1. The van der Waals surface area contributed by atoms with Gasteiger partial charge in [-0.2, -0.15) is 0 Å². The van der Waals surface area contributed by atoms with Gasteiger partial charge in [-0.3, -0.25) is 14.5 Å². The SMILES string of the molecule is CC(=O)c1c(C)[nH]c(C(=O)NCc2ccccc2CN2CCCC(C)C2)c1C. The molecule has 1 fully saturated rings. The van der Waals surface area contributed by atoms with E-state index in [0.717, 1.165) is 42.4 Å². The molecule has 2 heterocycles. The van der Waals surface area contributed by atoms with Crippen LogP contribution in [0.15, 0.2) is 24.3 Å². The van der Waals surface area contributed by atoms with Gasteiger partial charge >= 0.3 is 0 Å². The molecule has 5 heteroatoms. The molecule has 0 spiro atoms. The van der Waals surface area contributed by atoms with Crippen LogP contribution >= 0.6 is 0 Å². The number of hydrogen-bond donors (Lipinski definition) is 2. The lowest BCUT2D eigenvalue weighted by molar-refractivity contribution is 0.0945. The Morgan fingerprint density at radius 2 is 1.93 bits per heavy atom. The van der Waals surface area contributed by atoms with Gasteiger partial charge < -0.3 is 10.3 Å². The highest BCUT2D eigenvalue weighted by molar-refractivity contribution is 6.02. The number of nitrogens with zero attached hydrogens (tertiary/aromatic N) is 1. The lowest BCUT2D eigenvalue weighted by atomic mass is 9.99. The van der Waals surface area contributed by atoms with Gasteiger partial charge in [0.25, 0.3) is 5.91 Å². The molecule has 1 saturated heterocycles. The van der Waals surface area contributed by atoms with E-state index in [1.165, 1.54) is 25.3 Å². The second-order valence-electron chi connectivity index (χ2n) is 8.12. The highest BCUT2D eigenvalue weighted by Gasteiger charge is 2.20. The first kappa shape index (κ1) is 20.3. The van der Waals surface area contributed by atoms with Crippen molar-refractivity contribution < 1.29 is 9.59 Å². The van der Waals surface area contributed by atoms with Crippen molar-refractivity contribution in [2.24, 2.45) is 5.92 Å². The fourth-order valence-electron chi connectivity index (χ4n) is 4.32. The van der Waals surface area contributed by atoms with Crippen molar-refractivity contribution >= 4 is 11.7 Å². The van der Waals surface area contributed by atoms with Gasteiger partial charge in [0.2, 0.25) is 0 Å². The van der Waals surface area contributed by atoms with Crippen molar-refractivity contribution in [2.45, 2.75) is 53.6 Å². The monoisotopic (exact) mass is 381 g/mol. The quantitative estimate of drug-likeness (QED) is 0.744. The van der Waals surface area contributed by atoms with Crippen molar-refractivity contribution in [1.29, 1.82) is 0 Å². The summed E-state index contributed by atoms with van der Waals surface area (Å²) in [5.74, 6) is 0.552. The van der Waals surface area contributed by atoms with Crippen molar-refractivity contribution in [3.05, 3.63) is 57.9 Å². The number of aryl methyl sites for hydroxylation is 1. The number of carbonyl (C=O) groups excluding carboxylic acids is 2. The molecule has 3 rings (SSSR count). The van der Waals surface area contributed by atoms with Crippen LogP contribution in [0.3, 0.4) is 0 Å². The number of nitrogens with one attached hydrogen (secondary N) is 2. The van der Waals surface area contributed by atoms with Gasteiger partial charge in [-0.05, 0) is 62.8 Å². The Hall–Kier alpha value is -2.40. The van der Waals surface area contributed by atoms with E-state index in [1.54, 1.807) is 0 Å². The number of rotatable bonds is 6. The smallest absolute Gasteiger partial charge is 0.268 e. The van der Waals surface area contributed by atoms with E-state index in [2.05, 4.69) is 40.3 Å². The number of amides is 1. The minimum atomic E-state index is -0.172. The molecule has 1 aromatic carbocycles. The highest BCUT2D eigenvalue weighted by Crippen LogP contribution is 2.21.